The summed E-state index contributed by atoms with van der Waals surface area (Å²) < 4.78 is 5.45. The van der Waals surface area contributed by atoms with Crippen LogP contribution in [0.1, 0.15) is 37.7 Å². The van der Waals surface area contributed by atoms with Crippen LogP contribution >= 0.6 is 0 Å². The SMILES string of the molecule is O=C(OCc1ccccc1)N1C(CO)CCC12CCC2. The predicted molar refractivity (Wildman–Crippen MR) is 75.2 cm³/mol. The summed E-state index contributed by atoms with van der Waals surface area (Å²) in [5.41, 5.74) is 0.963. The van der Waals surface area contributed by atoms with Crippen molar-refractivity contribution in [3.8, 4) is 0 Å². The van der Waals surface area contributed by atoms with Crippen molar-refractivity contribution in [2.75, 3.05) is 6.61 Å². The van der Waals surface area contributed by atoms with Gasteiger partial charge in [0.05, 0.1) is 12.6 Å². The maximum atomic E-state index is 12.4. The van der Waals surface area contributed by atoms with Gasteiger partial charge in [-0.3, -0.25) is 4.90 Å². The molecule has 0 aromatic heterocycles. The molecule has 4 heteroatoms. The standard InChI is InChI=1S/C16H21NO3/c18-11-14-7-10-16(8-4-9-16)17(14)15(19)20-12-13-5-2-1-3-6-13/h1-3,5-6,14,18H,4,7-12H2. The Kier molecular flexibility index (Phi) is 3.66. The molecule has 1 saturated carbocycles. The highest BCUT2D eigenvalue weighted by Crippen LogP contribution is 2.48. The highest BCUT2D eigenvalue weighted by molar-refractivity contribution is 5.70. The quantitative estimate of drug-likeness (QED) is 0.922. The molecule has 2 aliphatic rings. The van der Waals surface area contributed by atoms with Crippen molar-refractivity contribution in [3.63, 3.8) is 0 Å². The lowest BCUT2D eigenvalue weighted by molar-refractivity contribution is 0.00353. The molecule has 4 nitrogen and oxygen atoms in total. The first kappa shape index (κ1) is 13.4. The van der Waals surface area contributed by atoms with Gasteiger partial charge in [-0.15, -0.1) is 0 Å². The first-order valence-electron chi connectivity index (χ1n) is 7.36. The maximum Gasteiger partial charge on any atom is 0.410 e. The largest absolute Gasteiger partial charge is 0.445 e. The van der Waals surface area contributed by atoms with E-state index in [1.165, 1.54) is 6.42 Å². The van der Waals surface area contributed by atoms with E-state index >= 15 is 0 Å². The fourth-order valence-electron chi connectivity index (χ4n) is 3.45. The molecule has 108 valence electrons. The third kappa shape index (κ3) is 2.29. The van der Waals surface area contributed by atoms with E-state index in [1.807, 2.05) is 35.2 Å². The fraction of sp³-hybridized carbons (Fsp3) is 0.562. The van der Waals surface area contributed by atoms with Gasteiger partial charge in [0.2, 0.25) is 0 Å². The van der Waals surface area contributed by atoms with Crippen LogP contribution in [0.4, 0.5) is 4.79 Å². The van der Waals surface area contributed by atoms with Crippen LogP contribution in [0.3, 0.4) is 0 Å². The van der Waals surface area contributed by atoms with Gasteiger partial charge in [-0.25, -0.2) is 4.79 Å². The molecule has 1 aliphatic carbocycles. The first-order chi connectivity index (χ1) is 9.75. The third-order valence-electron chi connectivity index (χ3n) is 4.72. The number of carbonyl (C=O) groups is 1. The number of ether oxygens (including phenoxy) is 1. The Balaban J connectivity index is 1.65. The molecule has 0 radical (unpaired) electrons. The normalized spacial score (nSPS) is 23.6. The van der Waals surface area contributed by atoms with Crippen LogP contribution in [0.5, 0.6) is 0 Å². The average molecular weight is 275 g/mol. The van der Waals surface area contributed by atoms with Crippen LogP contribution in [0, 0.1) is 0 Å². The second-order valence-corrected chi connectivity index (χ2v) is 5.86. The Morgan fingerprint density at radius 3 is 2.65 bits per heavy atom. The average Bonchev–Trinajstić information content (AvgIpc) is 2.85. The summed E-state index contributed by atoms with van der Waals surface area (Å²) in [6.07, 6.45) is 4.87. The summed E-state index contributed by atoms with van der Waals surface area (Å²) in [6.45, 7) is 0.326. The van der Waals surface area contributed by atoms with Gasteiger partial charge in [0.25, 0.3) is 0 Å². The number of likely N-dealkylation sites (tertiary alicyclic amines) is 1. The van der Waals surface area contributed by atoms with Gasteiger partial charge < -0.3 is 9.84 Å². The number of nitrogens with zero attached hydrogens (tertiary/aromatic N) is 1. The van der Waals surface area contributed by atoms with E-state index in [4.69, 9.17) is 4.74 Å². The molecule has 1 saturated heterocycles. The molecule has 2 fully saturated rings. The molecule has 1 atom stereocenters. The van der Waals surface area contributed by atoms with Crippen LogP contribution in [0.15, 0.2) is 30.3 Å². The lowest BCUT2D eigenvalue weighted by Crippen LogP contribution is -2.55. The van der Waals surface area contributed by atoms with Crippen LogP contribution in [0.25, 0.3) is 0 Å². The molecule has 1 N–H and O–H groups in total. The summed E-state index contributed by atoms with van der Waals surface area (Å²) in [4.78, 5) is 14.2. The number of aliphatic hydroxyl groups is 1. The lowest BCUT2D eigenvalue weighted by atomic mass is 9.75. The van der Waals surface area contributed by atoms with E-state index in [9.17, 15) is 9.90 Å². The Bertz CT molecular complexity index is 470. The summed E-state index contributed by atoms with van der Waals surface area (Å²) in [7, 11) is 0. The minimum absolute atomic E-state index is 0.0266. The van der Waals surface area contributed by atoms with Crippen LogP contribution < -0.4 is 0 Å². The van der Waals surface area contributed by atoms with E-state index in [0.29, 0.717) is 6.61 Å². The number of hydrogen-bond donors (Lipinski definition) is 1. The molecule has 3 rings (SSSR count). The molecule has 1 amide bonds. The Hall–Kier alpha value is -1.55. The fourth-order valence-corrected chi connectivity index (χ4v) is 3.45. The highest BCUT2D eigenvalue weighted by atomic mass is 16.6. The van der Waals surface area contributed by atoms with Crippen molar-refractivity contribution in [1.82, 2.24) is 4.90 Å². The molecule has 0 bridgehead atoms. The van der Waals surface area contributed by atoms with Gasteiger partial charge in [-0.1, -0.05) is 30.3 Å². The van der Waals surface area contributed by atoms with Gasteiger partial charge in [-0.05, 0) is 37.7 Å². The lowest BCUT2D eigenvalue weighted by Gasteiger charge is -2.46. The minimum Gasteiger partial charge on any atom is -0.445 e. The van der Waals surface area contributed by atoms with Gasteiger partial charge in [0, 0.05) is 5.54 Å². The first-order valence-corrected chi connectivity index (χ1v) is 7.36. The van der Waals surface area contributed by atoms with Gasteiger partial charge >= 0.3 is 6.09 Å². The smallest absolute Gasteiger partial charge is 0.410 e. The number of amides is 1. The molecule has 1 aromatic rings. The topological polar surface area (TPSA) is 49.8 Å². The maximum absolute atomic E-state index is 12.4. The monoisotopic (exact) mass is 275 g/mol. The van der Waals surface area contributed by atoms with E-state index in [0.717, 1.165) is 31.2 Å². The Morgan fingerprint density at radius 2 is 2.05 bits per heavy atom. The molecule has 1 aromatic carbocycles. The number of hydrogen-bond acceptors (Lipinski definition) is 3. The summed E-state index contributed by atoms with van der Waals surface area (Å²) in [6, 6.07) is 9.63. The van der Waals surface area contributed by atoms with Gasteiger partial charge in [0.15, 0.2) is 0 Å². The second kappa shape index (κ2) is 5.44. The Morgan fingerprint density at radius 1 is 1.30 bits per heavy atom. The number of aliphatic hydroxyl groups excluding tert-OH is 1. The molecule has 1 aliphatic heterocycles. The molecule has 1 heterocycles. The van der Waals surface area contributed by atoms with Crippen molar-refractivity contribution in [2.45, 2.75) is 50.3 Å². The van der Waals surface area contributed by atoms with E-state index in [2.05, 4.69) is 0 Å². The van der Waals surface area contributed by atoms with Crippen molar-refractivity contribution < 1.29 is 14.6 Å². The zero-order valence-corrected chi connectivity index (χ0v) is 11.6. The van der Waals surface area contributed by atoms with Crippen molar-refractivity contribution >= 4 is 6.09 Å². The van der Waals surface area contributed by atoms with Gasteiger partial charge in [0.1, 0.15) is 6.61 Å². The van der Waals surface area contributed by atoms with Crippen LogP contribution in [0.2, 0.25) is 0 Å². The molecular weight excluding hydrogens is 254 g/mol. The van der Waals surface area contributed by atoms with Crippen LogP contribution in [-0.2, 0) is 11.3 Å². The minimum atomic E-state index is -0.273. The molecule has 20 heavy (non-hydrogen) atoms. The number of carbonyl (C=O) groups excluding carboxylic acids is 1. The third-order valence-corrected chi connectivity index (χ3v) is 4.72. The number of rotatable bonds is 3. The van der Waals surface area contributed by atoms with E-state index in [1.54, 1.807) is 0 Å². The van der Waals surface area contributed by atoms with Crippen molar-refractivity contribution in [1.29, 1.82) is 0 Å². The summed E-state index contributed by atoms with van der Waals surface area (Å²) in [5, 5.41) is 9.47. The van der Waals surface area contributed by atoms with Crippen LogP contribution in [-0.4, -0.2) is 34.3 Å². The molecule has 1 spiro atoms. The summed E-state index contributed by atoms with van der Waals surface area (Å²) in [5.74, 6) is 0. The zero-order valence-electron chi connectivity index (χ0n) is 11.6. The van der Waals surface area contributed by atoms with E-state index < -0.39 is 0 Å². The molecule has 1 unspecified atom stereocenters. The predicted octanol–water partition coefficient (Wildman–Crippen LogP) is 2.70. The summed E-state index contributed by atoms with van der Waals surface area (Å²) >= 11 is 0. The second-order valence-electron chi connectivity index (χ2n) is 5.86. The number of benzene rings is 1. The zero-order chi connectivity index (χ0) is 14.0. The van der Waals surface area contributed by atoms with E-state index in [-0.39, 0.29) is 24.3 Å². The van der Waals surface area contributed by atoms with Gasteiger partial charge in [-0.2, -0.15) is 0 Å². The van der Waals surface area contributed by atoms with Crippen molar-refractivity contribution in [3.05, 3.63) is 35.9 Å². The van der Waals surface area contributed by atoms with Crippen molar-refractivity contribution in [2.24, 2.45) is 0 Å². The molecular formula is C16H21NO3. The Labute approximate surface area is 119 Å². The highest BCUT2D eigenvalue weighted by Gasteiger charge is 2.52.